The lowest BCUT2D eigenvalue weighted by molar-refractivity contribution is 0.0695. The predicted octanol–water partition coefficient (Wildman–Crippen LogP) is 1.03. The number of aromatic carboxylic acids is 1. The first-order valence-electron chi connectivity index (χ1n) is 4.96. The van der Waals surface area contributed by atoms with E-state index in [9.17, 15) is 9.59 Å². The molecule has 0 fully saturated rings. The fraction of sp³-hybridized carbons (Fsp3) is 0.200. The van der Waals surface area contributed by atoms with Crippen LogP contribution in [-0.4, -0.2) is 30.8 Å². The van der Waals surface area contributed by atoms with Crippen LogP contribution < -0.4 is 5.56 Å². The first-order chi connectivity index (χ1) is 8.43. The zero-order chi connectivity index (χ0) is 13.4. The maximum absolute atomic E-state index is 11.5. The lowest BCUT2D eigenvalue weighted by Crippen LogP contribution is -2.14. The van der Waals surface area contributed by atoms with Crippen molar-refractivity contribution in [1.82, 2.24) is 19.7 Å². The van der Waals surface area contributed by atoms with Gasteiger partial charge in [0.25, 0.3) is 5.56 Å². The monoisotopic (exact) mass is 312 g/mol. The molecule has 0 unspecified atom stereocenters. The highest BCUT2D eigenvalue weighted by molar-refractivity contribution is 9.10. The number of carboxylic acid groups (broad SMARTS) is 1. The Hall–Kier alpha value is -1.96. The molecule has 2 heterocycles. The average molecular weight is 313 g/mol. The molecule has 0 aliphatic rings. The molecule has 2 aromatic heterocycles. The van der Waals surface area contributed by atoms with Crippen molar-refractivity contribution >= 4 is 21.9 Å². The molecular weight excluding hydrogens is 304 g/mol. The van der Waals surface area contributed by atoms with E-state index in [2.05, 4.69) is 31.0 Å². The fourth-order valence-corrected chi connectivity index (χ4v) is 2.06. The predicted molar refractivity (Wildman–Crippen MR) is 66.1 cm³/mol. The maximum atomic E-state index is 11.5. The van der Waals surface area contributed by atoms with Gasteiger partial charge in [-0.3, -0.25) is 4.79 Å². The molecule has 2 N–H and O–H groups in total. The number of carboxylic acids is 1. The van der Waals surface area contributed by atoms with E-state index in [1.165, 1.54) is 11.0 Å². The Morgan fingerprint density at radius 1 is 1.50 bits per heavy atom. The van der Waals surface area contributed by atoms with Gasteiger partial charge < -0.3 is 10.1 Å². The van der Waals surface area contributed by atoms with Crippen LogP contribution in [0.3, 0.4) is 0 Å². The summed E-state index contributed by atoms with van der Waals surface area (Å²) < 4.78 is 1.53. The Morgan fingerprint density at radius 3 is 2.72 bits per heavy atom. The van der Waals surface area contributed by atoms with Crippen molar-refractivity contribution in [3.63, 3.8) is 0 Å². The molecule has 2 aromatic rings. The molecule has 0 atom stereocenters. The van der Waals surface area contributed by atoms with E-state index in [0.29, 0.717) is 11.4 Å². The zero-order valence-electron chi connectivity index (χ0n) is 9.56. The summed E-state index contributed by atoms with van der Waals surface area (Å²) in [6, 6.07) is 0. The minimum Gasteiger partial charge on any atom is -0.478 e. The number of halogens is 1. The van der Waals surface area contributed by atoms with Crippen molar-refractivity contribution in [2.24, 2.45) is 0 Å². The van der Waals surface area contributed by atoms with E-state index in [-0.39, 0.29) is 21.4 Å². The third kappa shape index (κ3) is 1.84. The molecule has 7 nitrogen and oxygen atoms in total. The van der Waals surface area contributed by atoms with Crippen LogP contribution >= 0.6 is 15.9 Å². The van der Waals surface area contributed by atoms with Gasteiger partial charge in [-0.05, 0) is 29.8 Å². The third-order valence-electron chi connectivity index (χ3n) is 2.48. The molecule has 0 bridgehead atoms. The van der Waals surface area contributed by atoms with E-state index < -0.39 is 5.97 Å². The number of H-pyrrole nitrogens is 1. The van der Waals surface area contributed by atoms with Gasteiger partial charge >= 0.3 is 5.97 Å². The molecule has 0 radical (unpaired) electrons. The number of hydrogen-bond donors (Lipinski definition) is 2. The second-order valence-electron chi connectivity index (χ2n) is 3.63. The summed E-state index contributed by atoms with van der Waals surface area (Å²) in [6.45, 7) is 3.20. The number of carbonyl (C=O) groups is 1. The highest BCUT2D eigenvalue weighted by Crippen LogP contribution is 2.19. The van der Waals surface area contributed by atoms with Crippen LogP contribution in [0.15, 0.2) is 15.6 Å². The summed E-state index contributed by atoms with van der Waals surface area (Å²) >= 11 is 3.11. The van der Waals surface area contributed by atoms with Crippen molar-refractivity contribution in [3.05, 3.63) is 38.1 Å². The fourth-order valence-electron chi connectivity index (χ4n) is 1.68. The quantitative estimate of drug-likeness (QED) is 0.862. The van der Waals surface area contributed by atoms with Crippen molar-refractivity contribution in [3.8, 4) is 5.82 Å². The molecule has 0 saturated heterocycles. The van der Waals surface area contributed by atoms with Crippen LogP contribution in [0.5, 0.6) is 0 Å². The molecular formula is C10H9BrN4O3. The van der Waals surface area contributed by atoms with Gasteiger partial charge in [-0.2, -0.15) is 5.10 Å². The van der Waals surface area contributed by atoms with Crippen molar-refractivity contribution in [2.75, 3.05) is 0 Å². The number of nitrogens with one attached hydrogen (secondary N) is 1. The highest BCUT2D eigenvalue weighted by atomic mass is 79.9. The molecule has 18 heavy (non-hydrogen) atoms. The molecule has 0 aliphatic carbocycles. The van der Waals surface area contributed by atoms with Gasteiger partial charge in [0.15, 0.2) is 5.82 Å². The second-order valence-corrected chi connectivity index (χ2v) is 4.43. The molecule has 94 valence electrons. The van der Waals surface area contributed by atoms with Crippen LogP contribution in [0.2, 0.25) is 0 Å². The smallest absolute Gasteiger partial charge is 0.339 e. The highest BCUT2D eigenvalue weighted by Gasteiger charge is 2.20. The molecule has 0 spiro atoms. The van der Waals surface area contributed by atoms with Gasteiger partial charge in [-0.15, -0.1) is 0 Å². The van der Waals surface area contributed by atoms with Gasteiger partial charge in [-0.25, -0.2) is 14.5 Å². The van der Waals surface area contributed by atoms with Crippen molar-refractivity contribution in [2.45, 2.75) is 13.8 Å². The Morgan fingerprint density at radius 2 is 2.17 bits per heavy atom. The van der Waals surface area contributed by atoms with Crippen molar-refractivity contribution in [1.29, 1.82) is 0 Å². The molecule has 8 heteroatoms. The standard InChI is InChI=1S/C10H9BrN4O3/c1-4-6(10(17)18)5(2)15(14-4)8-7(11)9(16)13-3-12-8/h3H,1-2H3,(H,17,18)(H,12,13,16). The topological polar surface area (TPSA) is 101 Å². The summed E-state index contributed by atoms with van der Waals surface area (Å²) in [4.78, 5) is 28.9. The number of aromatic nitrogens is 4. The molecule has 0 aliphatic heterocycles. The second kappa shape index (κ2) is 4.37. The minimum atomic E-state index is -1.06. The Balaban J connectivity index is 2.73. The number of aryl methyl sites for hydroxylation is 1. The van der Waals surface area contributed by atoms with Gasteiger partial charge in [0.05, 0.1) is 17.7 Å². The largest absolute Gasteiger partial charge is 0.478 e. The summed E-state index contributed by atoms with van der Waals surface area (Å²) in [5.41, 5.74) is 0.543. The van der Waals surface area contributed by atoms with Crippen LogP contribution in [0.4, 0.5) is 0 Å². The van der Waals surface area contributed by atoms with E-state index >= 15 is 0 Å². The normalized spacial score (nSPS) is 10.6. The van der Waals surface area contributed by atoms with Crippen LogP contribution in [0.1, 0.15) is 21.7 Å². The van der Waals surface area contributed by atoms with Crippen molar-refractivity contribution < 1.29 is 9.90 Å². The third-order valence-corrected chi connectivity index (χ3v) is 3.20. The molecule has 0 aromatic carbocycles. The summed E-state index contributed by atoms with van der Waals surface area (Å²) in [6.07, 6.45) is 1.24. The van der Waals surface area contributed by atoms with Crippen LogP contribution in [-0.2, 0) is 0 Å². The summed E-state index contributed by atoms with van der Waals surface area (Å²) in [5.74, 6) is -0.802. The molecule has 0 amide bonds. The zero-order valence-corrected chi connectivity index (χ0v) is 11.1. The van der Waals surface area contributed by atoms with E-state index in [1.54, 1.807) is 13.8 Å². The van der Waals surface area contributed by atoms with Gasteiger partial charge in [0.2, 0.25) is 0 Å². The molecule has 2 rings (SSSR count). The Bertz CT molecular complexity index is 689. The first-order valence-corrected chi connectivity index (χ1v) is 5.76. The van der Waals surface area contributed by atoms with E-state index in [4.69, 9.17) is 5.11 Å². The Labute approximate surface area is 110 Å². The first kappa shape index (κ1) is 12.5. The SMILES string of the molecule is Cc1nn(-c2nc[nH]c(=O)c2Br)c(C)c1C(=O)O. The lowest BCUT2D eigenvalue weighted by atomic mass is 10.2. The minimum absolute atomic E-state index is 0.115. The lowest BCUT2D eigenvalue weighted by Gasteiger charge is -2.04. The van der Waals surface area contributed by atoms with E-state index in [0.717, 1.165) is 0 Å². The summed E-state index contributed by atoms with van der Waals surface area (Å²) in [7, 11) is 0. The Kier molecular flexibility index (Phi) is 3.04. The van der Waals surface area contributed by atoms with Gasteiger partial charge in [0.1, 0.15) is 10.0 Å². The number of hydrogen-bond acceptors (Lipinski definition) is 4. The number of aromatic amines is 1. The number of nitrogens with zero attached hydrogens (tertiary/aromatic N) is 3. The van der Waals surface area contributed by atoms with E-state index in [1.807, 2.05) is 0 Å². The average Bonchev–Trinajstić information content (AvgIpc) is 2.58. The van der Waals surface area contributed by atoms with Crippen LogP contribution in [0, 0.1) is 13.8 Å². The van der Waals surface area contributed by atoms with Crippen LogP contribution in [0.25, 0.3) is 5.82 Å². The number of rotatable bonds is 2. The van der Waals surface area contributed by atoms with Gasteiger partial charge in [-0.1, -0.05) is 0 Å². The maximum Gasteiger partial charge on any atom is 0.339 e. The molecule has 0 saturated carbocycles. The summed E-state index contributed by atoms with van der Waals surface area (Å²) in [5, 5.41) is 13.2. The van der Waals surface area contributed by atoms with Gasteiger partial charge in [0, 0.05) is 0 Å².